The largest absolute Gasteiger partial charge is 0.339 e. The van der Waals surface area contributed by atoms with Crippen molar-refractivity contribution < 1.29 is 9.59 Å². The summed E-state index contributed by atoms with van der Waals surface area (Å²) in [6.45, 7) is 2.20. The lowest BCUT2D eigenvalue weighted by Gasteiger charge is -2.35. The van der Waals surface area contributed by atoms with E-state index in [4.69, 9.17) is 0 Å². The van der Waals surface area contributed by atoms with Crippen LogP contribution in [0, 0.1) is 0 Å². The second kappa shape index (κ2) is 7.33. The Labute approximate surface area is 172 Å². The van der Waals surface area contributed by atoms with E-state index in [0.29, 0.717) is 32.6 Å². The molecule has 0 unspecified atom stereocenters. The summed E-state index contributed by atoms with van der Waals surface area (Å²) in [5.74, 6) is 0.0938. The zero-order chi connectivity index (χ0) is 19.8. The lowest BCUT2D eigenvalue weighted by atomic mass is 10.0. The lowest BCUT2D eigenvalue weighted by Crippen LogP contribution is -2.51. The fraction of sp³-hybridized carbons (Fsp3) is 0.227. The van der Waals surface area contributed by atoms with E-state index in [1.54, 1.807) is 11.3 Å². The van der Waals surface area contributed by atoms with E-state index in [2.05, 4.69) is 4.98 Å². The summed E-state index contributed by atoms with van der Waals surface area (Å²) in [5.41, 5.74) is 1.51. The quantitative estimate of drug-likeness (QED) is 0.527. The van der Waals surface area contributed by atoms with E-state index in [1.165, 1.54) is 0 Å². The number of hydrogen-bond donors (Lipinski definition) is 0. The summed E-state index contributed by atoms with van der Waals surface area (Å²) in [5, 5.41) is 4.01. The lowest BCUT2D eigenvalue weighted by molar-refractivity contribution is -0.132. The molecule has 7 heteroatoms. The van der Waals surface area contributed by atoms with Crippen molar-refractivity contribution in [1.82, 2.24) is 19.2 Å². The van der Waals surface area contributed by atoms with Gasteiger partial charge in [-0.25, -0.2) is 4.98 Å². The van der Waals surface area contributed by atoms with Gasteiger partial charge in [0.05, 0.1) is 12.1 Å². The van der Waals surface area contributed by atoms with Crippen molar-refractivity contribution in [3.05, 3.63) is 71.5 Å². The molecule has 29 heavy (non-hydrogen) atoms. The van der Waals surface area contributed by atoms with E-state index in [1.807, 2.05) is 74.4 Å². The molecule has 0 aliphatic carbocycles. The zero-order valence-electron chi connectivity index (χ0n) is 15.8. The number of benzene rings is 2. The second-order valence-electron chi connectivity index (χ2n) is 7.20. The zero-order valence-corrected chi connectivity index (χ0v) is 16.6. The Morgan fingerprint density at radius 3 is 2.55 bits per heavy atom. The van der Waals surface area contributed by atoms with E-state index in [0.717, 1.165) is 27.0 Å². The minimum atomic E-state index is 0.0308. The van der Waals surface area contributed by atoms with Gasteiger partial charge in [0.2, 0.25) is 5.91 Å². The molecule has 2 aromatic carbocycles. The predicted molar refractivity (Wildman–Crippen MR) is 113 cm³/mol. The molecule has 0 atom stereocenters. The molecule has 1 fully saturated rings. The molecule has 0 saturated carbocycles. The van der Waals surface area contributed by atoms with Crippen LogP contribution in [0.3, 0.4) is 0 Å². The maximum atomic E-state index is 13.1. The van der Waals surface area contributed by atoms with Crippen molar-refractivity contribution in [2.75, 3.05) is 26.2 Å². The molecule has 2 amide bonds. The summed E-state index contributed by atoms with van der Waals surface area (Å²) in [4.78, 5) is 34.8. The van der Waals surface area contributed by atoms with Crippen LogP contribution in [-0.2, 0) is 11.2 Å². The number of imidazole rings is 1. The number of nitrogens with zero attached hydrogens (tertiary/aromatic N) is 4. The Morgan fingerprint density at radius 2 is 1.72 bits per heavy atom. The Balaban J connectivity index is 1.24. The molecule has 2 aromatic heterocycles. The van der Waals surface area contributed by atoms with Crippen molar-refractivity contribution in [3.63, 3.8) is 0 Å². The van der Waals surface area contributed by atoms with Crippen LogP contribution >= 0.6 is 11.3 Å². The number of fused-ring (bicyclic) bond motifs is 2. The number of rotatable bonds is 3. The summed E-state index contributed by atoms with van der Waals surface area (Å²) in [7, 11) is 0. The van der Waals surface area contributed by atoms with Crippen LogP contribution in [0.5, 0.6) is 0 Å². The van der Waals surface area contributed by atoms with Crippen molar-refractivity contribution >= 4 is 38.9 Å². The van der Waals surface area contributed by atoms with Crippen LogP contribution in [0.4, 0.5) is 0 Å². The van der Waals surface area contributed by atoms with Crippen LogP contribution < -0.4 is 0 Å². The van der Waals surface area contributed by atoms with E-state index in [9.17, 15) is 9.59 Å². The Morgan fingerprint density at radius 1 is 0.966 bits per heavy atom. The van der Waals surface area contributed by atoms with Crippen molar-refractivity contribution in [3.8, 4) is 0 Å². The molecule has 1 aliphatic heterocycles. The molecule has 1 aliphatic rings. The number of carbonyl (C=O) groups excluding carboxylic acids is 2. The number of thiazole rings is 1. The van der Waals surface area contributed by atoms with Gasteiger partial charge >= 0.3 is 0 Å². The molecule has 0 N–H and O–H groups in total. The normalized spacial score (nSPS) is 14.6. The average Bonchev–Trinajstić information content (AvgIpc) is 3.35. The molecule has 0 bridgehead atoms. The first-order valence-corrected chi connectivity index (χ1v) is 10.5. The van der Waals surface area contributed by atoms with Gasteiger partial charge in [0, 0.05) is 49.5 Å². The molecule has 6 nitrogen and oxygen atoms in total. The number of carbonyl (C=O) groups is 2. The van der Waals surface area contributed by atoms with E-state index < -0.39 is 0 Å². The first-order valence-electron chi connectivity index (χ1n) is 9.65. The van der Waals surface area contributed by atoms with Gasteiger partial charge in [-0.15, -0.1) is 11.3 Å². The third-order valence-corrected chi connectivity index (χ3v) is 6.19. The highest BCUT2D eigenvalue weighted by Gasteiger charge is 2.26. The highest BCUT2D eigenvalue weighted by molar-refractivity contribution is 7.15. The summed E-state index contributed by atoms with van der Waals surface area (Å²) < 4.78 is 1.94. The molecule has 146 valence electrons. The molecular weight excluding hydrogens is 384 g/mol. The minimum Gasteiger partial charge on any atom is -0.339 e. The molecule has 0 spiro atoms. The smallest absolute Gasteiger partial charge is 0.254 e. The highest BCUT2D eigenvalue weighted by Crippen LogP contribution is 2.21. The first-order chi connectivity index (χ1) is 14.2. The number of piperazine rings is 1. The first kappa shape index (κ1) is 17.9. The van der Waals surface area contributed by atoms with E-state index >= 15 is 0 Å². The topological polar surface area (TPSA) is 57.9 Å². The molecule has 4 aromatic rings. The fourth-order valence-corrected chi connectivity index (χ4v) is 4.59. The van der Waals surface area contributed by atoms with Crippen LogP contribution in [0.15, 0.2) is 60.2 Å². The standard InChI is InChI=1S/C22H20N4O2S/c27-20(14-17-15-26-12-13-29-22(26)23-17)24-8-10-25(11-9-24)21(28)19-7-3-5-16-4-1-2-6-18(16)19/h1-7,12-13,15H,8-11,14H2. The third-order valence-electron chi connectivity index (χ3n) is 5.42. The third kappa shape index (κ3) is 3.38. The molecule has 3 heterocycles. The van der Waals surface area contributed by atoms with Gasteiger partial charge in [0.15, 0.2) is 4.96 Å². The van der Waals surface area contributed by atoms with Crippen LogP contribution in [0.1, 0.15) is 16.1 Å². The fourth-order valence-electron chi connectivity index (χ4n) is 3.87. The van der Waals surface area contributed by atoms with Gasteiger partial charge in [-0.3, -0.25) is 14.0 Å². The minimum absolute atomic E-state index is 0.0308. The highest BCUT2D eigenvalue weighted by atomic mass is 32.1. The Bertz CT molecular complexity index is 1170. The number of hydrogen-bond acceptors (Lipinski definition) is 4. The van der Waals surface area contributed by atoms with Gasteiger partial charge < -0.3 is 9.80 Å². The van der Waals surface area contributed by atoms with Crippen molar-refractivity contribution in [2.24, 2.45) is 0 Å². The van der Waals surface area contributed by atoms with E-state index in [-0.39, 0.29) is 11.8 Å². The number of aromatic nitrogens is 2. The van der Waals surface area contributed by atoms with Gasteiger partial charge in [-0.1, -0.05) is 36.4 Å². The Hall–Kier alpha value is -3.19. The van der Waals surface area contributed by atoms with Gasteiger partial charge in [-0.2, -0.15) is 0 Å². The average molecular weight is 404 g/mol. The van der Waals surface area contributed by atoms with Gasteiger partial charge in [-0.05, 0) is 16.8 Å². The Kier molecular flexibility index (Phi) is 4.52. The predicted octanol–water partition coefficient (Wildman–Crippen LogP) is 3.08. The van der Waals surface area contributed by atoms with Crippen LogP contribution in [-0.4, -0.2) is 57.2 Å². The summed E-state index contributed by atoms with van der Waals surface area (Å²) in [6.07, 6.45) is 4.15. The van der Waals surface area contributed by atoms with Crippen LogP contribution in [0.25, 0.3) is 15.7 Å². The monoisotopic (exact) mass is 404 g/mol. The maximum absolute atomic E-state index is 13.1. The van der Waals surface area contributed by atoms with Gasteiger partial charge in [0.25, 0.3) is 5.91 Å². The summed E-state index contributed by atoms with van der Waals surface area (Å²) >= 11 is 1.56. The molecule has 1 saturated heterocycles. The molecule has 5 rings (SSSR count). The van der Waals surface area contributed by atoms with Crippen molar-refractivity contribution in [1.29, 1.82) is 0 Å². The van der Waals surface area contributed by atoms with Crippen molar-refractivity contribution in [2.45, 2.75) is 6.42 Å². The number of amides is 2. The van der Waals surface area contributed by atoms with Crippen LogP contribution in [0.2, 0.25) is 0 Å². The SMILES string of the molecule is O=C(Cc1cn2ccsc2n1)N1CCN(C(=O)c2cccc3ccccc23)CC1. The maximum Gasteiger partial charge on any atom is 0.254 e. The summed E-state index contributed by atoms with van der Waals surface area (Å²) in [6, 6.07) is 13.8. The molecular formula is C22H20N4O2S. The second-order valence-corrected chi connectivity index (χ2v) is 8.07. The van der Waals surface area contributed by atoms with Gasteiger partial charge in [0.1, 0.15) is 0 Å². The molecule has 0 radical (unpaired) electrons.